The van der Waals surface area contributed by atoms with Crippen LogP contribution in [0.2, 0.25) is 10.0 Å². The molecule has 0 amide bonds. The van der Waals surface area contributed by atoms with Crippen LogP contribution in [0.4, 0.5) is 0 Å². The maximum Gasteiger partial charge on any atom is 0.0487 e. The van der Waals surface area contributed by atoms with Crippen molar-refractivity contribution in [1.82, 2.24) is 0 Å². The highest BCUT2D eigenvalue weighted by Gasteiger charge is 2.23. The molecule has 0 aliphatic rings. The van der Waals surface area contributed by atoms with Gasteiger partial charge in [-0.1, -0.05) is 49.5 Å². The number of hydrogen-bond acceptors (Lipinski definition) is 1. The van der Waals surface area contributed by atoms with Crippen molar-refractivity contribution in [2.24, 2.45) is 5.41 Å². The number of halogens is 2. The molecule has 0 aliphatic heterocycles. The second-order valence-corrected chi connectivity index (χ2v) is 5.47. The molecule has 1 aromatic rings. The Balaban J connectivity index is 2.85. The second-order valence-electron chi connectivity index (χ2n) is 4.63. The lowest BCUT2D eigenvalue weighted by Crippen LogP contribution is -2.24. The van der Waals surface area contributed by atoms with E-state index in [1.165, 1.54) is 0 Å². The van der Waals surface area contributed by atoms with E-state index in [9.17, 15) is 5.11 Å². The van der Waals surface area contributed by atoms with E-state index in [-0.39, 0.29) is 12.0 Å². The molecule has 0 aromatic heterocycles. The molecule has 0 aliphatic carbocycles. The number of hydrogen-bond donors (Lipinski definition) is 1. The summed E-state index contributed by atoms with van der Waals surface area (Å²) in [5.41, 5.74) is 0.961. The van der Waals surface area contributed by atoms with Gasteiger partial charge in [0.1, 0.15) is 0 Å². The smallest absolute Gasteiger partial charge is 0.0487 e. The van der Waals surface area contributed by atoms with Crippen molar-refractivity contribution in [3.05, 3.63) is 33.8 Å². The third-order valence-corrected chi connectivity index (χ3v) is 3.45. The van der Waals surface area contributed by atoms with Crippen LogP contribution < -0.4 is 0 Å². The molecule has 0 radical (unpaired) electrons. The number of aliphatic hydroxyl groups excluding tert-OH is 1. The predicted octanol–water partition coefficient (Wildman–Crippen LogP) is 4.33. The van der Waals surface area contributed by atoms with E-state index in [0.29, 0.717) is 10.0 Å². The Hall–Kier alpha value is -0.240. The van der Waals surface area contributed by atoms with Crippen molar-refractivity contribution in [1.29, 1.82) is 0 Å². The Bertz CT molecular complexity index is 352. The molecule has 1 rings (SSSR count). The molecular formula is C13H18Cl2O. The normalized spacial score (nSPS) is 14.8. The Morgan fingerprint density at radius 2 is 2.00 bits per heavy atom. The van der Waals surface area contributed by atoms with Gasteiger partial charge in [0, 0.05) is 16.7 Å². The largest absolute Gasteiger partial charge is 0.396 e. The van der Waals surface area contributed by atoms with Gasteiger partial charge in [-0.05, 0) is 36.0 Å². The van der Waals surface area contributed by atoms with E-state index >= 15 is 0 Å². The van der Waals surface area contributed by atoms with Crippen molar-refractivity contribution in [2.45, 2.75) is 33.1 Å². The van der Waals surface area contributed by atoms with E-state index in [4.69, 9.17) is 23.2 Å². The highest BCUT2D eigenvalue weighted by atomic mass is 35.5. The average molecular weight is 261 g/mol. The van der Waals surface area contributed by atoms with Gasteiger partial charge in [-0.25, -0.2) is 0 Å². The first-order valence-corrected chi connectivity index (χ1v) is 6.31. The molecule has 1 N–H and O–H groups in total. The molecule has 1 unspecified atom stereocenters. The lowest BCUT2D eigenvalue weighted by molar-refractivity contribution is 0.131. The number of aliphatic hydroxyl groups is 1. The number of rotatable bonds is 5. The van der Waals surface area contributed by atoms with Crippen LogP contribution in [0.3, 0.4) is 0 Å². The zero-order valence-electron chi connectivity index (χ0n) is 9.76. The van der Waals surface area contributed by atoms with Crippen LogP contribution in [0, 0.1) is 5.41 Å². The van der Waals surface area contributed by atoms with Gasteiger partial charge in [0.2, 0.25) is 0 Å². The first kappa shape index (κ1) is 13.8. The van der Waals surface area contributed by atoms with Crippen LogP contribution in [0.25, 0.3) is 0 Å². The molecule has 1 aromatic carbocycles. The van der Waals surface area contributed by atoms with E-state index in [1.807, 2.05) is 12.1 Å². The third-order valence-electron chi connectivity index (χ3n) is 2.87. The van der Waals surface area contributed by atoms with Gasteiger partial charge in [-0.15, -0.1) is 0 Å². The molecule has 0 saturated carbocycles. The maximum absolute atomic E-state index is 9.45. The van der Waals surface area contributed by atoms with Crippen LogP contribution in [0.1, 0.15) is 32.3 Å². The lowest BCUT2D eigenvalue weighted by Gasteiger charge is -2.27. The van der Waals surface area contributed by atoms with Crippen LogP contribution >= 0.6 is 23.2 Å². The molecule has 1 nitrogen and oxygen atoms in total. The van der Waals surface area contributed by atoms with E-state index < -0.39 is 0 Å². The SMILES string of the molecule is CCCC(C)(CO)Cc1ccc(Cl)cc1Cl. The van der Waals surface area contributed by atoms with Crippen LogP contribution in [0.15, 0.2) is 18.2 Å². The van der Waals surface area contributed by atoms with Gasteiger partial charge < -0.3 is 5.11 Å². The molecule has 0 spiro atoms. The Labute approximate surface area is 107 Å². The minimum atomic E-state index is -0.0911. The van der Waals surface area contributed by atoms with Crippen LogP contribution in [-0.2, 0) is 6.42 Å². The summed E-state index contributed by atoms with van der Waals surface area (Å²) in [7, 11) is 0. The van der Waals surface area contributed by atoms with Gasteiger partial charge in [-0.2, -0.15) is 0 Å². The lowest BCUT2D eigenvalue weighted by atomic mass is 9.80. The van der Waals surface area contributed by atoms with Crippen molar-refractivity contribution in [3.63, 3.8) is 0 Å². The standard InChI is InChI=1S/C13H18Cl2O/c1-3-6-13(2,9-16)8-10-4-5-11(14)7-12(10)15/h4-5,7,16H,3,6,8-9H2,1-2H3. The molecule has 0 fully saturated rings. The van der Waals surface area contributed by atoms with Crippen molar-refractivity contribution in [3.8, 4) is 0 Å². The molecule has 1 atom stereocenters. The Kier molecular flexibility index (Phi) is 5.10. The molecule has 16 heavy (non-hydrogen) atoms. The fourth-order valence-electron chi connectivity index (χ4n) is 1.95. The summed E-state index contributed by atoms with van der Waals surface area (Å²) in [4.78, 5) is 0. The molecule has 0 bridgehead atoms. The highest BCUT2D eigenvalue weighted by Crippen LogP contribution is 2.31. The summed E-state index contributed by atoms with van der Waals surface area (Å²) in [5.74, 6) is 0. The van der Waals surface area contributed by atoms with Crippen molar-refractivity contribution < 1.29 is 5.11 Å². The first-order chi connectivity index (χ1) is 7.50. The minimum absolute atomic E-state index is 0.0911. The first-order valence-electron chi connectivity index (χ1n) is 5.55. The molecular weight excluding hydrogens is 243 g/mol. The highest BCUT2D eigenvalue weighted by molar-refractivity contribution is 6.35. The van der Waals surface area contributed by atoms with E-state index in [1.54, 1.807) is 6.07 Å². The van der Waals surface area contributed by atoms with Crippen LogP contribution in [-0.4, -0.2) is 11.7 Å². The maximum atomic E-state index is 9.45. The zero-order valence-corrected chi connectivity index (χ0v) is 11.3. The topological polar surface area (TPSA) is 20.2 Å². The summed E-state index contributed by atoms with van der Waals surface area (Å²) in [6.45, 7) is 4.39. The molecule has 0 heterocycles. The minimum Gasteiger partial charge on any atom is -0.396 e. The molecule has 3 heteroatoms. The van der Waals surface area contributed by atoms with E-state index in [2.05, 4.69) is 13.8 Å². The third kappa shape index (κ3) is 3.65. The quantitative estimate of drug-likeness (QED) is 0.836. The van der Waals surface area contributed by atoms with Gasteiger partial charge >= 0.3 is 0 Å². The summed E-state index contributed by atoms with van der Waals surface area (Å²) in [6, 6.07) is 5.53. The molecule has 90 valence electrons. The van der Waals surface area contributed by atoms with Gasteiger partial charge in [0.05, 0.1) is 0 Å². The second kappa shape index (κ2) is 5.90. The Morgan fingerprint density at radius 1 is 1.31 bits per heavy atom. The monoisotopic (exact) mass is 260 g/mol. The summed E-state index contributed by atoms with van der Waals surface area (Å²) >= 11 is 12.0. The van der Waals surface area contributed by atoms with E-state index in [0.717, 1.165) is 24.8 Å². The average Bonchev–Trinajstić information content (AvgIpc) is 2.23. The fraction of sp³-hybridized carbons (Fsp3) is 0.538. The van der Waals surface area contributed by atoms with Crippen LogP contribution in [0.5, 0.6) is 0 Å². The summed E-state index contributed by atoms with van der Waals surface area (Å²) in [5, 5.41) is 10.8. The zero-order chi connectivity index (χ0) is 12.2. The van der Waals surface area contributed by atoms with Crippen molar-refractivity contribution >= 4 is 23.2 Å². The van der Waals surface area contributed by atoms with Gasteiger partial charge in [0.15, 0.2) is 0 Å². The number of benzene rings is 1. The Morgan fingerprint density at radius 3 is 2.50 bits per heavy atom. The van der Waals surface area contributed by atoms with Gasteiger partial charge in [0.25, 0.3) is 0 Å². The fourth-order valence-corrected chi connectivity index (χ4v) is 2.43. The summed E-state index contributed by atoms with van der Waals surface area (Å²) in [6.07, 6.45) is 2.83. The predicted molar refractivity (Wildman–Crippen MR) is 70.3 cm³/mol. The van der Waals surface area contributed by atoms with Crippen molar-refractivity contribution in [2.75, 3.05) is 6.61 Å². The summed E-state index contributed by atoms with van der Waals surface area (Å²) < 4.78 is 0. The molecule has 0 saturated heterocycles. The van der Waals surface area contributed by atoms with Gasteiger partial charge in [-0.3, -0.25) is 0 Å².